The van der Waals surface area contributed by atoms with Crippen LogP contribution in [0.5, 0.6) is 6.01 Å². The van der Waals surface area contributed by atoms with E-state index in [1.807, 2.05) is 13.8 Å². The summed E-state index contributed by atoms with van der Waals surface area (Å²) < 4.78 is 19.1. The van der Waals surface area contributed by atoms with E-state index < -0.39 is 5.82 Å². The highest BCUT2D eigenvalue weighted by molar-refractivity contribution is 6.33. The molecular formula is C12H14ClFN6O. The zero-order chi connectivity index (χ0) is 15.4. The number of benzene rings is 1. The van der Waals surface area contributed by atoms with Crippen LogP contribution < -0.4 is 21.3 Å². The van der Waals surface area contributed by atoms with Crippen molar-refractivity contribution in [3.63, 3.8) is 0 Å². The van der Waals surface area contributed by atoms with Crippen LogP contribution in [0.15, 0.2) is 18.2 Å². The van der Waals surface area contributed by atoms with Gasteiger partial charge in [-0.25, -0.2) is 10.2 Å². The summed E-state index contributed by atoms with van der Waals surface area (Å²) in [4.78, 5) is 11.9. The largest absolute Gasteiger partial charge is 0.461 e. The van der Waals surface area contributed by atoms with Gasteiger partial charge in [0.15, 0.2) is 0 Å². The SMILES string of the molecule is CC(C)Oc1nc(NN)nc(Nc2c(F)cccc2Cl)n1. The smallest absolute Gasteiger partial charge is 0.323 e. The van der Waals surface area contributed by atoms with E-state index >= 15 is 0 Å². The Bertz CT molecular complexity index is 619. The second-order valence-corrected chi connectivity index (χ2v) is 4.71. The van der Waals surface area contributed by atoms with E-state index in [2.05, 4.69) is 25.7 Å². The summed E-state index contributed by atoms with van der Waals surface area (Å²) in [5.41, 5.74) is 2.35. The quantitative estimate of drug-likeness (QED) is 0.576. The van der Waals surface area contributed by atoms with Crippen molar-refractivity contribution in [3.8, 4) is 6.01 Å². The molecule has 9 heteroatoms. The molecule has 1 aromatic heterocycles. The van der Waals surface area contributed by atoms with Crippen LogP contribution in [-0.4, -0.2) is 21.1 Å². The predicted molar refractivity (Wildman–Crippen MR) is 78.1 cm³/mol. The lowest BCUT2D eigenvalue weighted by Crippen LogP contribution is -2.15. The molecule has 0 saturated carbocycles. The molecule has 0 radical (unpaired) electrons. The van der Waals surface area contributed by atoms with Gasteiger partial charge in [0.25, 0.3) is 0 Å². The van der Waals surface area contributed by atoms with Gasteiger partial charge in [-0.05, 0) is 26.0 Å². The van der Waals surface area contributed by atoms with Gasteiger partial charge in [0.05, 0.1) is 16.8 Å². The zero-order valence-corrected chi connectivity index (χ0v) is 12.1. The van der Waals surface area contributed by atoms with Crippen molar-refractivity contribution in [1.82, 2.24) is 15.0 Å². The normalized spacial score (nSPS) is 10.6. The van der Waals surface area contributed by atoms with Crippen LogP contribution in [-0.2, 0) is 0 Å². The van der Waals surface area contributed by atoms with E-state index in [9.17, 15) is 4.39 Å². The number of aromatic nitrogens is 3. The number of hydrazine groups is 1. The minimum Gasteiger partial charge on any atom is -0.461 e. The summed E-state index contributed by atoms with van der Waals surface area (Å²) in [5.74, 6) is 4.89. The molecule has 0 spiro atoms. The molecule has 0 aliphatic heterocycles. The van der Waals surface area contributed by atoms with Gasteiger partial charge in [0.1, 0.15) is 5.82 Å². The summed E-state index contributed by atoms with van der Waals surface area (Å²) in [6, 6.07) is 4.37. The fraction of sp³-hybridized carbons (Fsp3) is 0.250. The number of hydrogen-bond donors (Lipinski definition) is 3. The lowest BCUT2D eigenvalue weighted by Gasteiger charge is -2.12. The van der Waals surface area contributed by atoms with E-state index in [-0.39, 0.29) is 34.7 Å². The molecule has 2 aromatic rings. The monoisotopic (exact) mass is 312 g/mol. The first kappa shape index (κ1) is 15.2. The number of para-hydroxylation sites is 1. The highest BCUT2D eigenvalue weighted by Crippen LogP contribution is 2.27. The molecule has 0 unspecified atom stereocenters. The van der Waals surface area contributed by atoms with Gasteiger partial charge in [-0.2, -0.15) is 15.0 Å². The third kappa shape index (κ3) is 3.89. The second kappa shape index (κ2) is 6.51. The van der Waals surface area contributed by atoms with E-state index in [0.29, 0.717) is 0 Å². The second-order valence-electron chi connectivity index (χ2n) is 4.30. The molecule has 21 heavy (non-hydrogen) atoms. The van der Waals surface area contributed by atoms with Crippen molar-refractivity contribution in [2.45, 2.75) is 20.0 Å². The number of nitrogens with one attached hydrogen (secondary N) is 2. The molecule has 1 heterocycles. The Hall–Kier alpha value is -2.19. The Labute approximate surface area is 125 Å². The van der Waals surface area contributed by atoms with E-state index in [0.717, 1.165) is 0 Å². The van der Waals surface area contributed by atoms with E-state index in [1.54, 1.807) is 6.07 Å². The summed E-state index contributed by atoms with van der Waals surface area (Å²) in [7, 11) is 0. The molecule has 1 aromatic carbocycles. The fourth-order valence-electron chi connectivity index (χ4n) is 1.47. The number of ether oxygens (including phenoxy) is 1. The maximum absolute atomic E-state index is 13.7. The van der Waals surface area contributed by atoms with Crippen molar-refractivity contribution >= 4 is 29.2 Å². The molecule has 0 amide bonds. The zero-order valence-electron chi connectivity index (χ0n) is 11.4. The van der Waals surface area contributed by atoms with Crippen molar-refractivity contribution in [3.05, 3.63) is 29.0 Å². The van der Waals surface area contributed by atoms with Gasteiger partial charge >= 0.3 is 6.01 Å². The molecule has 0 fully saturated rings. The number of nitrogens with zero attached hydrogens (tertiary/aromatic N) is 3. The molecule has 0 aliphatic carbocycles. The highest BCUT2D eigenvalue weighted by Gasteiger charge is 2.12. The predicted octanol–water partition coefficient (Wildman–Crippen LogP) is 2.48. The fourth-order valence-corrected chi connectivity index (χ4v) is 1.68. The van der Waals surface area contributed by atoms with Gasteiger partial charge in [0.2, 0.25) is 11.9 Å². The van der Waals surface area contributed by atoms with Gasteiger partial charge in [0, 0.05) is 0 Å². The molecule has 0 saturated heterocycles. The third-order valence-corrected chi connectivity index (χ3v) is 2.60. The number of anilines is 3. The van der Waals surface area contributed by atoms with Crippen molar-refractivity contribution in [2.24, 2.45) is 5.84 Å². The lowest BCUT2D eigenvalue weighted by molar-refractivity contribution is 0.222. The molecule has 4 N–H and O–H groups in total. The first-order chi connectivity index (χ1) is 9.99. The Morgan fingerprint density at radius 2 is 1.95 bits per heavy atom. The van der Waals surface area contributed by atoms with E-state index in [4.69, 9.17) is 22.2 Å². The highest BCUT2D eigenvalue weighted by atomic mass is 35.5. The number of nitrogens with two attached hydrogens (primary N) is 1. The minimum atomic E-state index is -0.531. The maximum atomic E-state index is 13.7. The summed E-state index contributed by atoms with van der Waals surface area (Å²) in [6.45, 7) is 3.64. The first-order valence-corrected chi connectivity index (χ1v) is 6.47. The van der Waals surface area contributed by atoms with Crippen LogP contribution in [0.3, 0.4) is 0 Å². The van der Waals surface area contributed by atoms with Crippen LogP contribution in [0.1, 0.15) is 13.8 Å². The van der Waals surface area contributed by atoms with Gasteiger partial charge in [-0.1, -0.05) is 17.7 Å². The Morgan fingerprint density at radius 1 is 1.24 bits per heavy atom. The third-order valence-electron chi connectivity index (χ3n) is 2.28. The van der Waals surface area contributed by atoms with Crippen LogP contribution in [0, 0.1) is 5.82 Å². The van der Waals surface area contributed by atoms with Crippen molar-refractivity contribution < 1.29 is 9.13 Å². The summed E-state index contributed by atoms with van der Waals surface area (Å²) >= 11 is 5.93. The lowest BCUT2D eigenvalue weighted by atomic mass is 10.3. The molecule has 7 nitrogen and oxygen atoms in total. The number of halogens is 2. The summed E-state index contributed by atoms with van der Waals surface area (Å²) in [5, 5.41) is 2.88. The minimum absolute atomic E-state index is 0.0561. The molecule has 2 rings (SSSR count). The van der Waals surface area contributed by atoms with Gasteiger partial charge in [-0.3, -0.25) is 5.43 Å². The molecular weight excluding hydrogens is 299 g/mol. The standard InChI is InChI=1S/C12H14ClFN6O/c1-6(2)21-12-18-10(17-11(19-12)20-15)16-9-7(13)4-3-5-8(9)14/h3-6H,15H2,1-2H3,(H2,16,17,18,19,20). The van der Waals surface area contributed by atoms with Gasteiger partial charge in [-0.15, -0.1) is 0 Å². The van der Waals surface area contributed by atoms with Crippen LogP contribution >= 0.6 is 11.6 Å². The van der Waals surface area contributed by atoms with Gasteiger partial charge < -0.3 is 10.1 Å². The summed E-state index contributed by atoms with van der Waals surface area (Å²) in [6.07, 6.45) is -0.136. The molecule has 0 bridgehead atoms. The van der Waals surface area contributed by atoms with E-state index in [1.165, 1.54) is 12.1 Å². The average Bonchev–Trinajstić information content (AvgIpc) is 2.42. The van der Waals surface area contributed by atoms with Crippen LogP contribution in [0.25, 0.3) is 0 Å². The Kier molecular flexibility index (Phi) is 4.71. The Balaban J connectivity index is 2.35. The molecule has 0 atom stereocenters. The Morgan fingerprint density at radius 3 is 2.57 bits per heavy atom. The van der Waals surface area contributed by atoms with Crippen molar-refractivity contribution in [1.29, 1.82) is 0 Å². The topological polar surface area (TPSA) is 98.0 Å². The van der Waals surface area contributed by atoms with Crippen LogP contribution in [0.4, 0.5) is 22.0 Å². The number of nitrogen functional groups attached to an aromatic ring is 1. The number of rotatable bonds is 5. The van der Waals surface area contributed by atoms with Crippen LogP contribution in [0.2, 0.25) is 5.02 Å². The first-order valence-electron chi connectivity index (χ1n) is 6.10. The van der Waals surface area contributed by atoms with Crippen molar-refractivity contribution in [2.75, 3.05) is 10.7 Å². The maximum Gasteiger partial charge on any atom is 0.323 e. The molecule has 0 aliphatic rings. The molecule has 112 valence electrons. The number of hydrogen-bond acceptors (Lipinski definition) is 7. The average molecular weight is 313 g/mol.